The number of carbonyl (C=O) groups is 2. The average Bonchev–Trinajstić information content (AvgIpc) is 3.10. The molecule has 0 aliphatic heterocycles. The van der Waals surface area contributed by atoms with Gasteiger partial charge in [-0.3, -0.25) is 14.6 Å². The van der Waals surface area contributed by atoms with Crippen molar-refractivity contribution >= 4 is 34.5 Å². The van der Waals surface area contributed by atoms with E-state index in [0.29, 0.717) is 26.2 Å². The quantitative estimate of drug-likeness (QED) is 0.341. The van der Waals surface area contributed by atoms with Crippen LogP contribution in [-0.4, -0.2) is 52.3 Å². The van der Waals surface area contributed by atoms with E-state index in [4.69, 9.17) is 4.74 Å². The number of amides is 2. The van der Waals surface area contributed by atoms with Crippen molar-refractivity contribution in [2.24, 2.45) is 7.05 Å². The van der Waals surface area contributed by atoms with Crippen LogP contribution in [0.3, 0.4) is 0 Å². The number of nitrogens with zero attached hydrogens (tertiary/aromatic N) is 3. The molecular weight excluding hydrogens is 436 g/mol. The molecule has 0 bridgehead atoms. The molecule has 0 fully saturated rings. The number of rotatable bonds is 11. The standard InChI is InChI=1S/C25H32N4O3S/c1-5-32-15-9-14-27-24(31)23(29(18(2)30)17-19-10-8-13-26-16-19)22-20-11-6-7-12-21(20)28(3)25(22)33-4/h6-8,10-13,16,23H,5,9,14-15,17H2,1-4H3,(H,27,31). The molecule has 0 spiro atoms. The Hall–Kier alpha value is -2.84. The molecule has 1 atom stereocenters. The summed E-state index contributed by atoms with van der Waals surface area (Å²) >= 11 is 1.58. The number of hydrogen-bond acceptors (Lipinski definition) is 5. The minimum atomic E-state index is -0.775. The second-order valence-corrected chi connectivity index (χ2v) is 8.55. The first kappa shape index (κ1) is 24.8. The summed E-state index contributed by atoms with van der Waals surface area (Å²) < 4.78 is 7.48. The van der Waals surface area contributed by atoms with Crippen molar-refractivity contribution in [3.05, 3.63) is 59.9 Å². The van der Waals surface area contributed by atoms with Gasteiger partial charge in [-0.25, -0.2) is 0 Å². The first-order valence-corrected chi connectivity index (χ1v) is 12.3. The highest BCUT2D eigenvalue weighted by Gasteiger charge is 2.34. The van der Waals surface area contributed by atoms with E-state index in [1.807, 2.05) is 56.6 Å². The lowest BCUT2D eigenvalue weighted by Gasteiger charge is -2.31. The van der Waals surface area contributed by atoms with Crippen molar-refractivity contribution < 1.29 is 14.3 Å². The van der Waals surface area contributed by atoms with Gasteiger partial charge in [0.25, 0.3) is 0 Å². The van der Waals surface area contributed by atoms with Gasteiger partial charge in [-0.1, -0.05) is 24.3 Å². The van der Waals surface area contributed by atoms with Gasteiger partial charge >= 0.3 is 0 Å². The van der Waals surface area contributed by atoms with E-state index >= 15 is 0 Å². The summed E-state index contributed by atoms with van der Waals surface area (Å²) in [7, 11) is 1.99. The predicted octanol–water partition coefficient (Wildman–Crippen LogP) is 3.93. The van der Waals surface area contributed by atoms with Gasteiger partial charge in [-0.2, -0.15) is 0 Å². The summed E-state index contributed by atoms with van der Waals surface area (Å²) in [5.74, 6) is -0.370. The zero-order valence-electron chi connectivity index (χ0n) is 19.7. The van der Waals surface area contributed by atoms with E-state index in [1.165, 1.54) is 6.92 Å². The fraction of sp³-hybridized carbons (Fsp3) is 0.400. The lowest BCUT2D eigenvalue weighted by molar-refractivity contribution is -0.140. The van der Waals surface area contributed by atoms with Crippen LogP contribution >= 0.6 is 11.8 Å². The van der Waals surface area contributed by atoms with Crippen molar-refractivity contribution in [2.75, 3.05) is 26.0 Å². The van der Waals surface area contributed by atoms with Gasteiger partial charge in [0.1, 0.15) is 6.04 Å². The summed E-state index contributed by atoms with van der Waals surface area (Å²) in [5, 5.41) is 4.97. The number of aryl methyl sites for hydroxylation is 1. The van der Waals surface area contributed by atoms with Crippen LogP contribution in [0.5, 0.6) is 0 Å². The molecule has 33 heavy (non-hydrogen) atoms. The molecule has 2 aromatic heterocycles. The maximum Gasteiger partial charge on any atom is 0.247 e. The number of ether oxygens (including phenoxy) is 1. The van der Waals surface area contributed by atoms with Crippen molar-refractivity contribution in [1.29, 1.82) is 0 Å². The fourth-order valence-electron chi connectivity index (χ4n) is 4.04. The highest BCUT2D eigenvalue weighted by Crippen LogP contribution is 2.38. The van der Waals surface area contributed by atoms with E-state index in [9.17, 15) is 9.59 Å². The maximum absolute atomic E-state index is 13.7. The Bertz CT molecular complexity index is 1080. The van der Waals surface area contributed by atoms with Crippen LogP contribution in [0, 0.1) is 0 Å². The number of pyridine rings is 1. The first-order valence-electron chi connectivity index (χ1n) is 11.1. The van der Waals surface area contributed by atoms with E-state index in [0.717, 1.165) is 27.1 Å². The van der Waals surface area contributed by atoms with Gasteiger partial charge < -0.3 is 19.5 Å². The Morgan fingerprint density at radius 1 is 1.24 bits per heavy atom. The number of benzene rings is 1. The van der Waals surface area contributed by atoms with Crippen LogP contribution < -0.4 is 5.32 Å². The van der Waals surface area contributed by atoms with Crippen LogP contribution in [0.25, 0.3) is 10.9 Å². The number of hydrogen-bond donors (Lipinski definition) is 1. The number of aromatic nitrogens is 2. The summed E-state index contributed by atoms with van der Waals surface area (Å²) in [4.78, 5) is 32.4. The highest BCUT2D eigenvalue weighted by molar-refractivity contribution is 7.98. The zero-order valence-corrected chi connectivity index (χ0v) is 20.5. The third kappa shape index (κ3) is 5.75. The summed E-state index contributed by atoms with van der Waals surface area (Å²) in [6.45, 7) is 5.45. The van der Waals surface area contributed by atoms with Gasteiger partial charge in [0.2, 0.25) is 11.8 Å². The Morgan fingerprint density at radius 2 is 2.03 bits per heavy atom. The molecule has 0 aliphatic carbocycles. The summed E-state index contributed by atoms with van der Waals surface area (Å²) in [5.41, 5.74) is 2.74. The third-order valence-corrected chi connectivity index (χ3v) is 6.45. The smallest absolute Gasteiger partial charge is 0.247 e. The van der Waals surface area contributed by atoms with Gasteiger partial charge in [0.05, 0.1) is 5.03 Å². The van der Waals surface area contributed by atoms with Crippen LogP contribution in [-0.2, 0) is 27.9 Å². The SMILES string of the molecule is CCOCCCNC(=O)C(c1c(SC)n(C)c2ccccc12)N(Cc1cccnc1)C(C)=O. The monoisotopic (exact) mass is 468 g/mol. The maximum atomic E-state index is 13.7. The summed E-state index contributed by atoms with van der Waals surface area (Å²) in [6.07, 6.45) is 6.13. The molecular formula is C25H32N4O3S. The molecule has 1 unspecified atom stereocenters. The molecule has 3 rings (SSSR count). The molecule has 3 aromatic rings. The topological polar surface area (TPSA) is 76.5 Å². The predicted molar refractivity (Wildman–Crippen MR) is 132 cm³/mol. The molecule has 0 radical (unpaired) electrons. The van der Waals surface area contributed by atoms with E-state index in [2.05, 4.69) is 14.9 Å². The number of nitrogens with one attached hydrogen (secondary N) is 1. The number of fused-ring (bicyclic) bond motifs is 1. The van der Waals surface area contributed by atoms with E-state index < -0.39 is 6.04 Å². The normalized spacial score (nSPS) is 12.0. The van der Waals surface area contributed by atoms with E-state index in [-0.39, 0.29) is 18.4 Å². The molecule has 176 valence electrons. The summed E-state index contributed by atoms with van der Waals surface area (Å²) in [6, 6.07) is 11.0. The Balaban J connectivity index is 2.06. The van der Waals surface area contributed by atoms with Gasteiger partial charge in [-0.05, 0) is 37.3 Å². The fourth-order valence-corrected chi connectivity index (χ4v) is 4.85. The van der Waals surface area contributed by atoms with Crippen molar-refractivity contribution in [3.8, 4) is 0 Å². The zero-order chi connectivity index (χ0) is 23.8. The molecule has 2 heterocycles. The minimum Gasteiger partial charge on any atom is -0.382 e. The molecule has 0 aliphatic rings. The minimum absolute atomic E-state index is 0.173. The molecule has 1 N–H and O–H groups in total. The van der Waals surface area contributed by atoms with Gasteiger partial charge in [-0.15, -0.1) is 11.8 Å². The van der Waals surface area contributed by atoms with Crippen LogP contribution in [0.15, 0.2) is 53.8 Å². The lowest BCUT2D eigenvalue weighted by Crippen LogP contribution is -2.43. The van der Waals surface area contributed by atoms with Crippen molar-refractivity contribution in [1.82, 2.24) is 19.8 Å². The molecule has 7 nitrogen and oxygen atoms in total. The first-order chi connectivity index (χ1) is 16.0. The van der Waals surface area contributed by atoms with Crippen molar-refractivity contribution in [2.45, 2.75) is 37.9 Å². The average molecular weight is 469 g/mol. The molecule has 2 amide bonds. The Kier molecular flexibility index (Phi) is 8.91. The molecule has 1 aromatic carbocycles. The van der Waals surface area contributed by atoms with Crippen LogP contribution in [0.1, 0.15) is 37.4 Å². The molecule has 0 saturated carbocycles. The third-order valence-electron chi connectivity index (χ3n) is 5.57. The van der Waals surface area contributed by atoms with Crippen LogP contribution in [0.4, 0.5) is 0 Å². The second-order valence-electron chi connectivity index (χ2n) is 7.75. The van der Waals surface area contributed by atoms with Gasteiger partial charge in [0.15, 0.2) is 0 Å². The lowest BCUT2D eigenvalue weighted by atomic mass is 10.0. The Morgan fingerprint density at radius 3 is 2.70 bits per heavy atom. The molecule has 8 heteroatoms. The number of thioether (sulfide) groups is 1. The second kappa shape index (κ2) is 11.9. The Labute approximate surface area is 199 Å². The van der Waals surface area contributed by atoms with Crippen LogP contribution in [0.2, 0.25) is 0 Å². The highest BCUT2D eigenvalue weighted by atomic mass is 32.2. The number of carbonyl (C=O) groups excluding carboxylic acids is 2. The van der Waals surface area contributed by atoms with Gasteiger partial charge in [0, 0.05) is 69.1 Å². The molecule has 0 saturated heterocycles. The van der Waals surface area contributed by atoms with E-state index in [1.54, 1.807) is 29.1 Å². The number of para-hydroxylation sites is 1. The van der Waals surface area contributed by atoms with Crippen molar-refractivity contribution in [3.63, 3.8) is 0 Å². The largest absolute Gasteiger partial charge is 0.382 e.